The first-order chi connectivity index (χ1) is 32.5. The Hall–Kier alpha value is -7.04. The average molecular weight is 1010 g/mol. The molecule has 0 aliphatic carbocycles. The predicted molar refractivity (Wildman–Crippen MR) is 212 cm³/mol. The van der Waals surface area contributed by atoms with Crippen molar-refractivity contribution in [2.75, 3.05) is 0 Å². The van der Waals surface area contributed by atoms with Gasteiger partial charge in [-0.15, -0.1) is 34.5 Å². The summed E-state index contributed by atoms with van der Waals surface area (Å²) in [6.45, 7) is 0.836. The highest BCUT2D eigenvalue weighted by Crippen LogP contribution is 2.32. The minimum Gasteiger partial charge on any atom is -0.207 e. The number of hydrogen-bond donors (Lipinski definition) is 1. The summed E-state index contributed by atoms with van der Waals surface area (Å²) in [5, 5.41) is 2.49. The maximum Gasteiger partial charge on any atom is 0.221 e. The highest BCUT2D eigenvalue weighted by Gasteiger charge is 2.52. The predicted octanol–water partition coefficient (Wildman–Crippen LogP) is 11.0. The third-order valence-electron chi connectivity index (χ3n) is 11.0. The monoisotopic (exact) mass is 1010 g/mol. The van der Waals surface area contributed by atoms with Crippen LogP contribution in [-0.2, 0) is 6.54 Å². The number of halogens is 20. The lowest BCUT2D eigenvalue weighted by molar-refractivity contribution is -0.676. The molecule has 0 saturated carbocycles. The van der Waals surface area contributed by atoms with Crippen molar-refractivity contribution in [1.29, 1.82) is 0 Å². The number of pyridine rings is 1. The van der Waals surface area contributed by atoms with Crippen LogP contribution in [0.15, 0.2) is 96.0 Å². The van der Waals surface area contributed by atoms with Gasteiger partial charge >= 0.3 is 0 Å². The van der Waals surface area contributed by atoms with Gasteiger partial charge in [-0.25, -0.2) is 87.8 Å². The Labute approximate surface area is 378 Å². The topological polar surface area (TPSA) is 3.88 Å². The lowest BCUT2D eigenvalue weighted by atomic mass is 9.12. The van der Waals surface area contributed by atoms with E-state index in [1.165, 1.54) is 22.0 Å². The molecule has 0 bridgehead atoms. The first-order valence-electron chi connectivity index (χ1n) is 19.0. The molecule has 0 fully saturated rings. The van der Waals surface area contributed by atoms with Gasteiger partial charge in [-0.3, -0.25) is 0 Å². The molecular formula is C46H18BF20NS. The van der Waals surface area contributed by atoms with Gasteiger partial charge in [0.15, 0.2) is 82.5 Å². The summed E-state index contributed by atoms with van der Waals surface area (Å²) in [6, 6.07) is 29.6. The first-order valence-corrected chi connectivity index (χ1v) is 19.4. The second kappa shape index (κ2) is 18.8. The number of aromatic nitrogens is 1. The summed E-state index contributed by atoms with van der Waals surface area (Å²) in [5.74, 6) is -71.4. The number of thiol groups is 1. The van der Waals surface area contributed by atoms with Crippen molar-refractivity contribution in [1.82, 2.24) is 0 Å². The number of rotatable bonds is 7. The van der Waals surface area contributed by atoms with Crippen molar-refractivity contribution in [3.63, 3.8) is 0 Å². The molecule has 69 heavy (non-hydrogen) atoms. The van der Waals surface area contributed by atoms with E-state index in [9.17, 15) is 52.7 Å². The quantitative estimate of drug-likeness (QED) is 0.0405. The van der Waals surface area contributed by atoms with Crippen LogP contribution in [0.2, 0.25) is 0 Å². The molecule has 0 radical (unpaired) electrons. The summed E-state index contributed by atoms with van der Waals surface area (Å²) in [5.41, 5.74) is -10.7. The van der Waals surface area contributed by atoms with Gasteiger partial charge in [0.2, 0.25) is 5.69 Å². The molecule has 1 aromatic heterocycles. The summed E-state index contributed by atoms with van der Waals surface area (Å²) in [4.78, 5) is 0.996. The van der Waals surface area contributed by atoms with Crippen molar-refractivity contribution in [2.24, 2.45) is 0 Å². The molecule has 8 aromatic rings. The highest BCUT2D eigenvalue weighted by atomic mass is 32.1. The maximum absolute atomic E-state index is 15.4. The largest absolute Gasteiger partial charge is 0.221 e. The lowest BCUT2D eigenvalue weighted by Crippen LogP contribution is -2.81. The van der Waals surface area contributed by atoms with Crippen LogP contribution in [0.25, 0.3) is 22.0 Å². The average Bonchev–Trinajstić information content (AvgIpc) is 3.34. The Kier molecular flexibility index (Phi) is 13.6. The number of hydrogen-bond acceptors (Lipinski definition) is 1. The van der Waals surface area contributed by atoms with Gasteiger partial charge in [0.05, 0.1) is 10.9 Å². The van der Waals surface area contributed by atoms with Crippen LogP contribution in [-0.4, -0.2) is 6.15 Å². The fraction of sp³-hybridized carbons (Fsp3) is 0.0217. The molecule has 0 aliphatic heterocycles. The zero-order chi connectivity index (χ0) is 50.7. The van der Waals surface area contributed by atoms with E-state index in [2.05, 4.69) is 83.6 Å². The molecular weight excluding hydrogens is 989 g/mol. The Morgan fingerprint density at radius 3 is 1.00 bits per heavy atom. The number of nitrogens with zero attached hydrogens (tertiary/aromatic N) is 1. The molecule has 0 saturated heterocycles. The molecule has 0 unspecified atom stereocenters. The van der Waals surface area contributed by atoms with E-state index in [1.54, 1.807) is 0 Å². The van der Waals surface area contributed by atoms with Crippen molar-refractivity contribution < 1.29 is 92.4 Å². The second-order valence-corrected chi connectivity index (χ2v) is 15.2. The van der Waals surface area contributed by atoms with E-state index < -0.39 is 144 Å². The zero-order valence-corrected chi connectivity index (χ0v) is 34.3. The van der Waals surface area contributed by atoms with Crippen LogP contribution in [0.3, 0.4) is 0 Å². The van der Waals surface area contributed by atoms with Crippen LogP contribution in [0.5, 0.6) is 0 Å². The van der Waals surface area contributed by atoms with E-state index in [0.717, 1.165) is 17.0 Å². The Bertz CT molecular complexity index is 3010. The van der Waals surface area contributed by atoms with Crippen molar-refractivity contribution in [3.8, 4) is 11.3 Å². The van der Waals surface area contributed by atoms with Gasteiger partial charge in [-0.05, 0) is 23.6 Å². The standard InChI is InChI=1S/C24BF20.C22H17NS/c26-5-1(6(27)14(35)21(42)13(5)34)25(2-7(28)15(36)22(43)16(37)8(2)29,3-9(30)17(38)23(44)18(39)10(3)31)4-11(32)19(40)24(45)20(41)12(4)33;24-21-13-7-6-12-20(21)22-19-11-5-4-10-18(19)14-15-23(22)16-17-8-2-1-3-9-17/h;1-15H,16H2/q-1;/p+1. The first kappa shape index (κ1) is 49.9. The SMILES string of the molecule is Fc1c(F)c(F)c([B-](c2c(F)c(F)c(F)c(F)c2F)(c2c(F)c(F)c(F)c(F)c2F)c2c(F)c(F)c(F)c(F)c2F)c(F)c1F.Sc1ccccc1-c1c2ccccc2cc[n+]1Cc1ccccc1. The minimum absolute atomic E-state index is 0.836. The summed E-state index contributed by atoms with van der Waals surface area (Å²) in [7, 11) is 0. The molecule has 1 nitrogen and oxygen atoms in total. The summed E-state index contributed by atoms with van der Waals surface area (Å²) < 4.78 is 296. The Morgan fingerprint density at radius 2 is 0.638 bits per heavy atom. The van der Waals surface area contributed by atoms with Gasteiger partial charge < -0.3 is 0 Å². The third kappa shape index (κ3) is 7.88. The number of fused-ring (bicyclic) bond motifs is 1. The van der Waals surface area contributed by atoms with Gasteiger partial charge in [0.25, 0.3) is 0 Å². The highest BCUT2D eigenvalue weighted by molar-refractivity contribution is 7.80. The molecule has 0 atom stereocenters. The van der Waals surface area contributed by atoms with E-state index in [1.807, 2.05) is 12.1 Å². The molecule has 0 amide bonds. The van der Waals surface area contributed by atoms with Crippen LogP contribution >= 0.6 is 12.6 Å². The molecule has 1 heterocycles. The molecule has 23 heteroatoms. The van der Waals surface area contributed by atoms with E-state index in [-0.39, 0.29) is 0 Å². The van der Waals surface area contributed by atoms with Crippen molar-refractivity contribution >= 4 is 51.4 Å². The van der Waals surface area contributed by atoms with Gasteiger partial charge in [0, 0.05) is 16.5 Å². The molecule has 0 N–H and O–H groups in total. The minimum atomic E-state index is -7.22. The molecule has 0 spiro atoms. The van der Waals surface area contributed by atoms with Crippen LogP contribution in [0, 0.1) is 116 Å². The van der Waals surface area contributed by atoms with Crippen LogP contribution < -0.4 is 26.4 Å². The summed E-state index contributed by atoms with van der Waals surface area (Å²) >= 11 is 4.69. The number of benzene rings is 7. The molecule has 7 aromatic carbocycles. The molecule has 356 valence electrons. The van der Waals surface area contributed by atoms with E-state index in [4.69, 9.17) is 12.6 Å². The van der Waals surface area contributed by atoms with E-state index in [0.29, 0.717) is 0 Å². The van der Waals surface area contributed by atoms with Crippen molar-refractivity contribution in [2.45, 2.75) is 11.4 Å². The van der Waals surface area contributed by atoms with E-state index >= 15 is 35.1 Å². The molecule has 8 rings (SSSR count). The van der Waals surface area contributed by atoms with Crippen LogP contribution in [0.1, 0.15) is 5.56 Å². The van der Waals surface area contributed by atoms with Crippen molar-refractivity contribution in [3.05, 3.63) is 213 Å². The van der Waals surface area contributed by atoms with Gasteiger partial charge in [-0.2, -0.15) is 4.57 Å². The fourth-order valence-corrected chi connectivity index (χ4v) is 8.28. The third-order valence-corrected chi connectivity index (χ3v) is 11.4. The lowest BCUT2D eigenvalue weighted by Gasteiger charge is -2.44. The normalized spacial score (nSPS) is 11.6. The second-order valence-electron chi connectivity index (χ2n) is 14.7. The smallest absolute Gasteiger partial charge is 0.207 e. The summed E-state index contributed by atoms with van der Waals surface area (Å²) in [6.07, 6.45) is -5.05. The van der Waals surface area contributed by atoms with Crippen LogP contribution in [0.4, 0.5) is 87.8 Å². The zero-order valence-electron chi connectivity index (χ0n) is 33.4. The van der Waals surface area contributed by atoms with Gasteiger partial charge in [0.1, 0.15) is 52.7 Å². The Morgan fingerprint density at radius 1 is 0.333 bits per heavy atom. The Balaban J connectivity index is 0.000000244. The maximum atomic E-state index is 15.4. The van der Waals surface area contributed by atoms with Gasteiger partial charge in [-0.1, -0.05) is 60.7 Å². The molecule has 0 aliphatic rings. The fourth-order valence-electron chi connectivity index (χ4n) is 8.02.